The first-order chi connectivity index (χ1) is 10.8. The fourth-order valence-electron chi connectivity index (χ4n) is 3.04. The van der Waals surface area contributed by atoms with E-state index in [9.17, 15) is 0 Å². The molecule has 3 N–H and O–H groups in total. The van der Waals surface area contributed by atoms with E-state index in [0.717, 1.165) is 6.54 Å². The number of nitrogens with one attached hydrogen (secondary N) is 1. The number of aliphatic imine (C=N–C) groups is 1. The molecule has 1 heterocycles. The number of nitrogens with two attached hydrogens (primary N) is 1. The van der Waals surface area contributed by atoms with Crippen molar-refractivity contribution in [3.8, 4) is 0 Å². The molecule has 0 radical (unpaired) electrons. The van der Waals surface area contributed by atoms with Crippen LogP contribution >= 0.6 is 0 Å². The summed E-state index contributed by atoms with van der Waals surface area (Å²) in [5.41, 5.74) is 8.53. The Morgan fingerprint density at radius 1 is 1.14 bits per heavy atom. The third kappa shape index (κ3) is 5.02. The first-order valence-electron chi connectivity index (χ1n) is 8.66. The van der Waals surface area contributed by atoms with Crippen molar-refractivity contribution in [3.63, 3.8) is 0 Å². The molecule has 2 fully saturated rings. The highest BCUT2D eigenvalue weighted by atomic mass is 15.1. The second-order valence-electron chi connectivity index (χ2n) is 6.63. The summed E-state index contributed by atoms with van der Waals surface area (Å²) in [6, 6.07) is 9.35. The number of rotatable bonds is 5. The van der Waals surface area contributed by atoms with Gasteiger partial charge in [0.25, 0.3) is 0 Å². The van der Waals surface area contributed by atoms with Crippen LogP contribution < -0.4 is 11.1 Å². The summed E-state index contributed by atoms with van der Waals surface area (Å²) in [7, 11) is 0. The molecule has 0 aromatic heterocycles. The Morgan fingerprint density at radius 3 is 2.59 bits per heavy atom. The molecule has 1 aromatic carbocycles. The molecule has 1 saturated carbocycles. The molecule has 1 aliphatic carbocycles. The standard InChI is InChI=1S/C18H28N4/c19-18(21-17-8-9-17)20-13-15-6-5-7-16(12-15)14-22-10-3-1-2-4-11-22/h5-7,12,17H,1-4,8-11,13-14H2,(H3,19,20,21). The van der Waals surface area contributed by atoms with Crippen molar-refractivity contribution in [1.82, 2.24) is 10.2 Å². The van der Waals surface area contributed by atoms with E-state index < -0.39 is 0 Å². The van der Waals surface area contributed by atoms with Gasteiger partial charge in [0.1, 0.15) is 0 Å². The Hall–Kier alpha value is -1.55. The molecule has 4 nitrogen and oxygen atoms in total. The maximum atomic E-state index is 5.90. The van der Waals surface area contributed by atoms with Gasteiger partial charge in [-0.2, -0.15) is 0 Å². The number of guanidine groups is 1. The predicted molar refractivity (Wildman–Crippen MR) is 91.7 cm³/mol. The highest BCUT2D eigenvalue weighted by Crippen LogP contribution is 2.18. The lowest BCUT2D eigenvalue weighted by atomic mass is 10.1. The second kappa shape index (κ2) is 7.63. The lowest BCUT2D eigenvalue weighted by Gasteiger charge is -2.20. The minimum Gasteiger partial charge on any atom is -0.370 e. The molecule has 2 aliphatic rings. The van der Waals surface area contributed by atoms with Crippen LogP contribution in [0, 0.1) is 0 Å². The smallest absolute Gasteiger partial charge is 0.189 e. The van der Waals surface area contributed by atoms with Crippen molar-refractivity contribution in [2.24, 2.45) is 10.7 Å². The van der Waals surface area contributed by atoms with Crippen LogP contribution in [0.15, 0.2) is 29.3 Å². The summed E-state index contributed by atoms with van der Waals surface area (Å²) in [4.78, 5) is 7.03. The van der Waals surface area contributed by atoms with Crippen LogP contribution in [-0.2, 0) is 13.1 Å². The summed E-state index contributed by atoms with van der Waals surface area (Å²) in [5, 5.41) is 3.23. The Labute approximate surface area is 133 Å². The van der Waals surface area contributed by atoms with E-state index in [1.54, 1.807) is 0 Å². The molecule has 4 heteroatoms. The highest BCUT2D eigenvalue weighted by molar-refractivity contribution is 5.78. The first-order valence-corrected chi connectivity index (χ1v) is 8.66. The van der Waals surface area contributed by atoms with Gasteiger partial charge in [0.2, 0.25) is 0 Å². The Bertz CT molecular complexity index is 500. The molecule has 3 rings (SSSR count). The highest BCUT2D eigenvalue weighted by Gasteiger charge is 2.21. The fourth-order valence-corrected chi connectivity index (χ4v) is 3.04. The average Bonchev–Trinajstić information content (AvgIpc) is 3.34. The van der Waals surface area contributed by atoms with Crippen molar-refractivity contribution in [1.29, 1.82) is 0 Å². The molecule has 120 valence electrons. The zero-order chi connectivity index (χ0) is 15.2. The molecule has 0 unspecified atom stereocenters. The van der Waals surface area contributed by atoms with Crippen LogP contribution in [0.5, 0.6) is 0 Å². The minimum absolute atomic E-state index is 0.568. The van der Waals surface area contributed by atoms with Crippen molar-refractivity contribution in [2.75, 3.05) is 13.1 Å². The summed E-state index contributed by atoms with van der Waals surface area (Å²) in [6.45, 7) is 4.20. The number of likely N-dealkylation sites (tertiary alicyclic amines) is 1. The van der Waals surface area contributed by atoms with Gasteiger partial charge in [-0.3, -0.25) is 4.90 Å². The van der Waals surface area contributed by atoms with Crippen LogP contribution in [0.3, 0.4) is 0 Å². The van der Waals surface area contributed by atoms with E-state index in [4.69, 9.17) is 5.73 Å². The first kappa shape index (κ1) is 15.3. The van der Waals surface area contributed by atoms with E-state index in [1.807, 2.05) is 0 Å². The van der Waals surface area contributed by atoms with Gasteiger partial charge in [0, 0.05) is 12.6 Å². The molecule has 0 atom stereocenters. The van der Waals surface area contributed by atoms with Crippen LogP contribution in [0.4, 0.5) is 0 Å². The van der Waals surface area contributed by atoms with Gasteiger partial charge < -0.3 is 11.1 Å². The van der Waals surface area contributed by atoms with Gasteiger partial charge >= 0.3 is 0 Å². The quantitative estimate of drug-likeness (QED) is 0.649. The second-order valence-corrected chi connectivity index (χ2v) is 6.63. The van der Waals surface area contributed by atoms with E-state index in [0.29, 0.717) is 18.5 Å². The van der Waals surface area contributed by atoms with Crippen LogP contribution in [0.2, 0.25) is 0 Å². The Balaban J connectivity index is 1.54. The number of benzene rings is 1. The Kier molecular flexibility index (Phi) is 5.33. The molecule has 1 aliphatic heterocycles. The number of hydrogen-bond donors (Lipinski definition) is 2. The lowest BCUT2D eigenvalue weighted by Crippen LogP contribution is -2.33. The van der Waals surface area contributed by atoms with Crippen LogP contribution in [-0.4, -0.2) is 30.0 Å². The summed E-state index contributed by atoms with van der Waals surface area (Å²) in [6.07, 6.45) is 7.90. The molecule has 22 heavy (non-hydrogen) atoms. The van der Waals surface area contributed by atoms with E-state index in [-0.39, 0.29) is 0 Å². The Morgan fingerprint density at radius 2 is 1.86 bits per heavy atom. The minimum atomic E-state index is 0.568. The van der Waals surface area contributed by atoms with Gasteiger partial charge in [-0.25, -0.2) is 4.99 Å². The zero-order valence-corrected chi connectivity index (χ0v) is 13.4. The van der Waals surface area contributed by atoms with E-state index in [2.05, 4.69) is 39.5 Å². The summed E-state index contributed by atoms with van der Waals surface area (Å²) in [5.74, 6) is 0.584. The van der Waals surface area contributed by atoms with Crippen LogP contribution in [0.25, 0.3) is 0 Å². The maximum absolute atomic E-state index is 5.90. The molecular formula is C18H28N4. The molecule has 0 amide bonds. The third-order valence-corrected chi connectivity index (χ3v) is 4.46. The van der Waals surface area contributed by atoms with Gasteiger partial charge in [-0.15, -0.1) is 0 Å². The molecular weight excluding hydrogens is 272 g/mol. The molecule has 1 aromatic rings. The van der Waals surface area contributed by atoms with Gasteiger partial charge in [-0.05, 0) is 49.9 Å². The predicted octanol–water partition coefficient (Wildman–Crippen LogP) is 2.63. The van der Waals surface area contributed by atoms with E-state index >= 15 is 0 Å². The van der Waals surface area contributed by atoms with Crippen LogP contribution in [0.1, 0.15) is 49.7 Å². The number of hydrogen-bond acceptors (Lipinski definition) is 2. The van der Waals surface area contributed by atoms with E-state index in [1.165, 1.54) is 62.7 Å². The molecule has 0 spiro atoms. The monoisotopic (exact) mass is 300 g/mol. The summed E-state index contributed by atoms with van der Waals surface area (Å²) < 4.78 is 0. The molecule has 1 saturated heterocycles. The van der Waals surface area contributed by atoms with Crippen molar-refractivity contribution in [2.45, 2.75) is 57.7 Å². The average molecular weight is 300 g/mol. The third-order valence-electron chi connectivity index (χ3n) is 4.46. The van der Waals surface area contributed by atoms with Crippen molar-refractivity contribution in [3.05, 3.63) is 35.4 Å². The van der Waals surface area contributed by atoms with Gasteiger partial charge in [0.05, 0.1) is 6.54 Å². The van der Waals surface area contributed by atoms with Crippen molar-refractivity contribution < 1.29 is 0 Å². The molecule has 0 bridgehead atoms. The van der Waals surface area contributed by atoms with Gasteiger partial charge in [0.15, 0.2) is 5.96 Å². The summed E-state index contributed by atoms with van der Waals surface area (Å²) >= 11 is 0. The SMILES string of the molecule is NC(=NCc1cccc(CN2CCCCCC2)c1)NC1CC1. The normalized spacial score (nSPS) is 20.6. The lowest BCUT2D eigenvalue weighted by molar-refractivity contribution is 0.277. The number of nitrogens with zero attached hydrogens (tertiary/aromatic N) is 2. The largest absolute Gasteiger partial charge is 0.370 e. The maximum Gasteiger partial charge on any atom is 0.189 e. The van der Waals surface area contributed by atoms with Gasteiger partial charge in [-0.1, -0.05) is 37.1 Å². The topological polar surface area (TPSA) is 53.6 Å². The fraction of sp³-hybridized carbons (Fsp3) is 0.611. The zero-order valence-electron chi connectivity index (χ0n) is 13.4. The van der Waals surface area contributed by atoms with Crippen molar-refractivity contribution >= 4 is 5.96 Å².